The summed E-state index contributed by atoms with van der Waals surface area (Å²) in [5.41, 5.74) is 1.17. The zero-order valence-corrected chi connectivity index (χ0v) is 17.7. The Bertz CT molecular complexity index is 734. The first-order chi connectivity index (χ1) is 12.2. The van der Waals surface area contributed by atoms with Crippen molar-refractivity contribution in [3.05, 3.63) is 54.1 Å². The molecular weight excluding hydrogens is 441 g/mol. The zero-order chi connectivity index (χ0) is 17.6. The van der Waals surface area contributed by atoms with Gasteiger partial charge < -0.3 is 20.1 Å². The van der Waals surface area contributed by atoms with E-state index in [0.717, 1.165) is 29.9 Å². The lowest BCUT2D eigenvalue weighted by atomic mass is 10.2. The lowest BCUT2D eigenvalue weighted by Crippen LogP contribution is -2.38. The van der Waals surface area contributed by atoms with Gasteiger partial charge in [-0.05, 0) is 42.2 Å². The second kappa shape index (κ2) is 9.66. The van der Waals surface area contributed by atoms with E-state index in [2.05, 4.69) is 22.5 Å². The van der Waals surface area contributed by atoms with Gasteiger partial charge in [-0.1, -0.05) is 31.2 Å². The monoisotopic (exact) mass is 467 g/mol. The molecule has 26 heavy (non-hydrogen) atoms. The molecule has 0 spiro atoms. The van der Waals surface area contributed by atoms with Crippen LogP contribution in [0, 0.1) is 5.92 Å². The molecule has 2 aromatic rings. The van der Waals surface area contributed by atoms with Crippen LogP contribution in [0.25, 0.3) is 0 Å². The molecule has 1 saturated carbocycles. The molecule has 6 heteroatoms. The molecule has 0 radical (unpaired) electrons. The summed E-state index contributed by atoms with van der Waals surface area (Å²) in [5.74, 6) is 3.80. The van der Waals surface area contributed by atoms with Crippen LogP contribution in [0.3, 0.4) is 0 Å². The number of benzene rings is 2. The van der Waals surface area contributed by atoms with Gasteiger partial charge in [0.2, 0.25) is 0 Å². The van der Waals surface area contributed by atoms with Crippen LogP contribution >= 0.6 is 24.0 Å². The van der Waals surface area contributed by atoms with Crippen molar-refractivity contribution in [1.82, 2.24) is 10.6 Å². The highest BCUT2D eigenvalue weighted by molar-refractivity contribution is 14.0. The molecule has 0 bridgehead atoms. The largest absolute Gasteiger partial charge is 0.493 e. The topological polar surface area (TPSA) is 54.9 Å². The van der Waals surface area contributed by atoms with E-state index in [1.807, 2.05) is 48.5 Å². The molecule has 0 heterocycles. The van der Waals surface area contributed by atoms with Crippen LogP contribution in [-0.4, -0.2) is 26.2 Å². The number of methoxy groups -OCH3 is 1. The van der Waals surface area contributed by atoms with Crippen molar-refractivity contribution < 1.29 is 9.47 Å². The number of halogens is 1. The first-order valence-electron chi connectivity index (χ1n) is 8.56. The van der Waals surface area contributed by atoms with Gasteiger partial charge in [0.25, 0.3) is 0 Å². The minimum atomic E-state index is 0. The number of nitrogens with one attached hydrogen (secondary N) is 2. The van der Waals surface area contributed by atoms with Gasteiger partial charge in [0.05, 0.1) is 7.11 Å². The predicted octanol–water partition coefficient (Wildman–Crippen LogP) is 4.18. The molecule has 2 aromatic carbocycles. The quantitative estimate of drug-likeness (QED) is 0.380. The molecule has 2 N–H and O–H groups in total. The average Bonchev–Trinajstić information content (AvgIpc) is 3.35. The fourth-order valence-electron chi connectivity index (χ4n) is 2.58. The van der Waals surface area contributed by atoms with Gasteiger partial charge in [-0.2, -0.15) is 0 Å². The number of hydrogen-bond donors (Lipinski definition) is 2. The van der Waals surface area contributed by atoms with Gasteiger partial charge in [0, 0.05) is 19.6 Å². The van der Waals surface area contributed by atoms with Crippen molar-refractivity contribution >= 4 is 29.9 Å². The summed E-state index contributed by atoms with van der Waals surface area (Å²) in [6.07, 6.45) is 1.22. The summed E-state index contributed by atoms with van der Waals surface area (Å²) < 4.78 is 11.2. The van der Waals surface area contributed by atoms with Crippen LogP contribution in [0.1, 0.15) is 18.9 Å². The SMILES string of the molecule is CN=C(NCc1ccc(Oc2ccccc2OC)cc1)NC1CC1C.I. The van der Waals surface area contributed by atoms with Crippen molar-refractivity contribution in [3.63, 3.8) is 0 Å². The number of hydrogen-bond acceptors (Lipinski definition) is 3. The fraction of sp³-hybridized carbons (Fsp3) is 0.350. The molecular formula is C20H26IN3O2. The fourth-order valence-corrected chi connectivity index (χ4v) is 2.58. The van der Waals surface area contributed by atoms with E-state index in [-0.39, 0.29) is 24.0 Å². The second-order valence-electron chi connectivity index (χ2n) is 6.29. The van der Waals surface area contributed by atoms with Crippen LogP contribution in [0.15, 0.2) is 53.5 Å². The van der Waals surface area contributed by atoms with Gasteiger partial charge in [0.1, 0.15) is 5.75 Å². The molecule has 0 aromatic heterocycles. The van der Waals surface area contributed by atoms with Gasteiger partial charge in [-0.3, -0.25) is 4.99 Å². The highest BCUT2D eigenvalue weighted by Gasteiger charge is 2.33. The number of rotatable bonds is 6. The molecule has 2 atom stereocenters. The highest BCUT2D eigenvalue weighted by Crippen LogP contribution is 2.31. The maximum atomic E-state index is 5.89. The highest BCUT2D eigenvalue weighted by atomic mass is 127. The Morgan fingerprint density at radius 3 is 2.35 bits per heavy atom. The third-order valence-electron chi connectivity index (χ3n) is 4.34. The minimum absolute atomic E-state index is 0. The summed E-state index contributed by atoms with van der Waals surface area (Å²) >= 11 is 0. The van der Waals surface area contributed by atoms with Crippen LogP contribution < -0.4 is 20.1 Å². The lowest BCUT2D eigenvalue weighted by Gasteiger charge is -2.12. The summed E-state index contributed by atoms with van der Waals surface area (Å²) in [6, 6.07) is 16.2. The van der Waals surface area contributed by atoms with Gasteiger partial charge in [-0.25, -0.2) is 0 Å². The summed E-state index contributed by atoms with van der Waals surface area (Å²) in [7, 11) is 3.44. The molecule has 5 nitrogen and oxygen atoms in total. The van der Waals surface area contributed by atoms with Crippen molar-refractivity contribution in [1.29, 1.82) is 0 Å². The Morgan fingerprint density at radius 2 is 1.77 bits per heavy atom. The number of guanidine groups is 1. The zero-order valence-electron chi connectivity index (χ0n) is 15.4. The number of nitrogens with zero attached hydrogens (tertiary/aromatic N) is 1. The number of para-hydroxylation sites is 2. The summed E-state index contributed by atoms with van der Waals surface area (Å²) in [6.45, 7) is 2.96. The van der Waals surface area contributed by atoms with Crippen molar-refractivity contribution in [2.45, 2.75) is 25.9 Å². The predicted molar refractivity (Wildman–Crippen MR) is 116 cm³/mol. The molecule has 140 valence electrons. The average molecular weight is 467 g/mol. The van der Waals surface area contributed by atoms with Crippen molar-refractivity contribution in [2.75, 3.05) is 14.2 Å². The Kier molecular flexibility index (Phi) is 7.56. The standard InChI is InChI=1S/C20H25N3O2.HI/c1-14-12-17(14)23-20(21-2)22-13-15-8-10-16(11-9-15)25-19-7-5-4-6-18(19)24-3;/h4-11,14,17H,12-13H2,1-3H3,(H2,21,22,23);1H. The van der Waals surface area contributed by atoms with Gasteiger partial charge in [0.15, 0.2) is 17.5 Å². The molecule has 3 rings (SSSR count). The lowest BCUT2D eigenvalue weighted by molar-refractivity contribution is 0.379. The molecule has 2 unspecified atom stereocenters. The van der Waals surface area contributed by atoms with E-state index in [4.69, 9.17) is 9.47 Å². The van der Waals surface area contributed by atoms with Crippen molar-refractivity contribution in [3.8, 4) is 17.2 Å². The van der Waals surface area contributed by atoms with E-state index < -0.39 is 0 Å². The molecule has 0 aliphatic heterocycles. The van der Waals surface area contributed by atoms with E-state index in [1.54, 1.807) is 14.2 Å². The van der Waals surface area contributed by atoms with Crippen LogP contribution in [0.4, 0.5) is 0 Å². The molecule has 1 aliphatic rings. The molecule has 0 amide bonds. The van der Waals surface area contributed by atoms with E-state index in [0.29, 0.717) is 11.8 Å². The third-order valence-corrected chi connectivity index (χ3v) is 4.34. The van der Waals surface area contributed by atoms with Gasteiger partial charge in [-0.15, -0.1) is 24.0 Å². The van der Waals surface area contributed by atoms with E-state index in [1.165, 1.54) is 12.0 Å². The van der Waals surface area contributed by atoms with Crippen molar-refractivity contribution in [2.24, 2.45) is 10.9 Å². The van der Waals surface area contributed by atoms with E-state index in [9.17, 15) is 0 Å². The normalized spacial score (nSPS) is 18.5. The molecule has 1 fully saturated rings. The molecule has 0 saturated heterocycles. The third kappa shape index (κ3) is 5.52. The number of ether oxygens (including phenoxy) is 2. The Morgan fingerprint density at radius 1 is 1.12 bits per heavy atom. The Balaban J connectivity index is 0.00000243. The minimum Gasteiger partial charge on any atom is -0.493 e. The van der Waals surface area contributed by atoms with Crippen LogP contribution in [0.5, 0.6) is 17.2 Å². The van der Waals surface area contributed by atoms with E-state index >= 15 is 0 Å². The maximum Gasteiger partial charge on any atom is 0.191 e. The summed E-state index contributed by atoms with van der Waals surface area (Å²) in [4.78, 5) is 4.27. The maximum absolute atomic E-state index is 5.89. The number of aliphatic imine (C=N–C) groups is 1. The first-order valence-corrected chi connectivity index (χ1v) is 8.56. The Labute approximate surface area is 172 Å². The molecule has 1 aliphatic carbocycles. The van der Waals surface area contributed by atoms with Crippen LogP contribution in [-0.2, 0) is 6.54 Å². The van der Waals surface area contributed by atoms with Crippen LogP contribution in [0.2, 0.25) is 0 Å². The van der Waals surface area contributed by atoms with Gasteiger partial charge >= 0.3 is 0 Å². The Hall–Kier alpha value is -1.96. The summed E-state index contributed by atoms with van der Waals surface area (Å²) in [5, 5.41) is 6.76. The smallest absolute Gasteiger partial charge is 0.191 e. The first kappa shape index (κ1) is 20.4. The second-order valence-corrected chi connectivity index (χ2v) is 6.29.